The van der Waals surface area contributed by atoms with Crippen molar-refractivity contribution in [3.8, 4) is 0 Å². The molecule has 0 spiro atoms. The van der Waals surface area contributed by atoms with E-state index in [1.54, 1.807) is 4.90 Å². The molecule has 0 unspecified atom stereocenters. The summed E-state index contributed by atoms with van der Waals surface area (Å²) in [5.74, 6) is -0.902. The van der Waals surface area contributed by atoms with Crippen LogP contribution in [0.4, 0.5) is 0 Å². The molecule has 0 radical (unpaired) electrons. The third-order valence-corrected chi connectivity index (χ3v) is 3.45. The fourth-order valence-corrected chi connectivity index (χ4v) is 2.17. The number of aliphatic carboxylic acids is 1. The van der Waals surface area contributed by atoms with Crippen molar-refractivity contribution >= 4 is 11.9 Å². The minimum Gasteiger partial charge on any atom is -0.481 e. The number of carbonyl (C=O) groups excluding carboxylic acids is 1. The highest BCUT2D eigenvalue weighted by atomic mass is 16.4. The maximum Gasteiger partial charge on any atom is 0.310 e. The largest absolute Gasteiger partial charge is 0.481 e. The summed E-state index contributed by atoms with van der Waals surface area (Å²) >= 11 is 0. The lowest BCUT2D eigenvalue weighted by molar-refractivity contribution is -0.159. The van der Waals surface area contributed by atoms with Gasteiger partial charge in [-0.25, -0.2) is 0 Å². The number of nitrogens with zero attached hydrogens (tertiary/aromatic N) is 1. The first kappa shape index (κ1) is 13.7. The lowest BCUT2D eigenvalue weighted by Gasteiger charge is -2.38. The highest BCUT2D eigenvalue weighted by Crippen LogP contribution is 2.44. The summed E-state index contributed by atoms with van der Waals surface area (Å²) in [7, 11) is 0. The summed E-state index contributed by atoms with van der Waals surface area (Å²) in [6.07, 6.45) is 2.28. The van der Waals surface area contributed by atoms with Crippen LogP contribution in [0.2, 0.25) is 0 Å². The van der Waals surface area contributed by atoms with Crippen LogP contribution in [-0.2, 0) is 9.59 Å². The molecule has 1 N–H and O–H groups in total. The molecule has 0 atom stereocenters. The van der Waals surface area contributed by atoms with Crippen molar-refractivity contribution in [2.75, 3.05) is 13.1 Å². The smallest absolute Gasteiger partial charge is 0.310 e. The summed E-state index contributed by atoms with van der Waals surface area (Å²) < 4.78 is 0. The predicted molar refractivity (Wildman–Crippen MR) is 65.6 cm³/mol. The van der Waals surface area contributed by atoms with E-state index >= 15 is 0 Å². The van der Waals surface area contributed by atoms with Crippen LogP contribution in [0.25, 0.3) is 0 Å². The van der Waals surface area contributed by atoms with E-state index in [0.29, 0.717) is 25.9 Å². The molecule has 0 bridgehead atoms. The Morgan fingerprint density at radius 2 is 2.00 bits per heavy atom. The normalized spacial score (nSPS) is 17.1. The van der Waals surface area contributed by atoms with Crippen LogP contribution in [0, 0.1) is 5.41 Å². The van der Waals surface area contributed by atoms with Gasteiger partial charge >= 0.3 is 5.97 Å². The zero-order chi connectivity index (χ0) is 13.1. The average Bonchev–Trinajstić information content (AvgIpc) is 2.18. The van der Waals surface area contributed by atoms with Crippen LogP contribution in [0.1, 0.15) is 39.5 Å². The second-order valence-corrected chi connectivity index (χ2v) is 4.98. The van der Waals surface area contributed by atoms with Gasteiger partial charge in [-0.05, 0) is 26.7 Å². The van der Waals surface area contributed by atoms with Crippen molar-refractivity contribution in [3.05, 3.63) is 12.2 Å². The van der Waals surface area contributed by atoms with Gasteiger partial charge in [0.15, 0.2) is 0 Å². The van der Waals surface area contributed by atoms with Crippen LogP contribution in [0.3, 0.4) is 0 Å². The van der Waals surface area contributed by atoms with Crippen molar-refractivity contribution in [2.45, 2.75) is 39.5 Å². The highest BCUT2D eigenvalue weighted by Gasteiger charge is 2.46. The summed E-state index contributed by atoms with van der Waals surface area (Å²) in [6.45, 7) is 8.66. The fourth-order valence-electron chi connectivity index (χ4n) is 2.17. The Balaban J connectivity index is 2.63. The van der Waals surface area contributed by atoms with Gasteiger partial charge in [0.25, 0.3) is 0 Å². The minimum absolute atomic E-state index is 0.0717. The van der Waals surface area contributed by atoms with Gasteiger partial charge in [0, 0.05) is 19.5 Å². The van der Waals surface area contributed by atoms with E-state index in [9.17, 15) is 14.7 Å². The maximum absolute atomic E-state index is 12.0. The molecule has 1 aliphatic rings. The van der Waals surface area contributed by atoms with Gasteiger partial charge < -0.3 is 10.0 Å². The molecule has 1 fully saturated rings. The van der Waals surface area contributed by atoms with Gasteiger partial charge in [-0.1, -0.05) is 18.6 Å². The van der Waals surface area contributed by atoms with Gasteiger partial charge in [-0.3, -0.25) is 9.59 Å². The lowest BCUT2D eigenvalue weighted by atomic mass is 9.66. The highest BCUT2D eigenvalue weighted by molar-refractivity contribution is 5.85. The molecule has 1 rings (SSSR count). The molecule has 0 saturated heterocycles. The fraction of sp³-hybridized carbons (Fsp3) is 0.692. The third-order valence-electron chi connectivity index (χ3n) is 3.45. The molecule has 1 aliphatic carbocycles. The van der Waals surface area contributed by atoms with Crippen molar-refractivity contribution in [1.82, 2.24) is 4.90 Å². The van der Waals surface area contributed by atoms with Crippen LogP contribution in [0.15, 0.2) is 12.2 Å². The zero-order valence-electron chi connectivity index (χ0n) is 10.7. The number of carboxylic acids is 1. The van der Waals surface area contributed by atoms with Crippen molar-refractivity contribution in [1.29, 1.82) is 0 Å². The minimum atomic E-state index is -0.830. The molecular formula is C13H21NO3. The van der Waals surface area contributed by atoms with E-state index in [0.717, 1.165) is 12.0 Å². The Labute approximate surface area is 102 Å². The van der Waals surface area contributed by atoms with Crippen LogP contribution in [-0.4, -0.2) is 35.0 Å². The average molecular weight is 239 g/mol. The molecule has 4 nitrogen and oxygen atoms in total. The Morgan fingerprint density at radius 1 is 1.41 bits per heavy atom. The first-order valence-electron chi connectivity index (χ1n) is 6.07. The number of carboxylic acid groups (broad SMARTS) is 1. The molecule has 17 heavy (non-hydrogen) atoms. The summed E-state index contributed by atoms with van der Waals surface area (Å²) in [5, 5.41) is 9.18. The molecule has 0 aliphatic heterocycles. The SMILES string of the molecule is C=C(C)CN(CC)C(=O)CC1(C(=O)O)CCC1. The topological polar surface area (TPSA) is 57.6 Å². The Kier molecular flexibility index (Phi) is 4.32. The molecule has 96 valence electrons. The molecule has 0 aromatic heterocycles. The second-order valence-electron chi connectivity index (χ2n) is 4.98. The second kappa shape index (κ2) is 5.34. The summed E-state index contributed by atoms with van der Waals surface area (Å²) in [4.78, 5) is 24.9. The molecular weight excluding hydrogens is 218 g/mol. The molecule has 1 amide bonds. The molecule has 0 aromatic rings. The quantitative estimate of drug-likeness (QED) is 0.722. The standard InChI is InChI=1S/C13H21NO3/c1-4-14(9-10(2)3)11(15)8-13(12(16)17)6-5-7-13/h2,4-9H2,1,3H3,(H,16,17). The van der Waals surface area contributed by atoms with E-state index in [2.05, 4.69) is 6.58 Å². The third kappa shape index (κ3) is 3.08. The van der Waals surface area contributed by atoms with Crippen LogP contribution in [0.5, 0.6) is 0 Å². The zero-order valence-corrected chi connectivity index (χ0v) is 10.7. The number of hydrogen-bond donors (Lipinski definition) is 1. The summed E-state index contributed by atoms with van der Waals surface area (Å²) in [5.41, 5.74) is 0.123. The van der Waals surface area contributed by atoms with Gasteiger partial charge in [-0.15, -0.1) is 0 Å². The number of likely N-dealkylation sites (N-methyl/N-ethyl adjacent to an activating group) is 1. The van der Waals surface area contributed by atoms with Gasteiger partial charge in [-0.2, -0.15) is 0 Å². The number of hydrogen-bond acceptors (Lipinski definition) is 2. The molecule has 0 aromatic carbocycles. The summed E-state index contributed by atoms with van der Waals surface area (Å²) in [6, 6.07) is 0. The van der Waals surface area contributed by atoms with Crippen molar-refractivity contribution in [2.24, 2.45) is 5.41 Å². The monoisotopic (exact) mass is 239 g/mol. The molecule has 4 heteroatoms. The maximum atomic E-state index is 12.0. The van der Waals surface area contributed by atoms with E-state index in [1.807, 2.05) is 13.8 Å². The van der Waals surface area contributed by atoms with E-state index in [1.165, 1.54) is 0 Å². The predicted octanol–water partition coefficient (Wildman–Crippen LogP) is 2.06. The number of carbonyl (C=O) groups is 2. The number of rotatable bonds is 6. The van der Waals surface area contributed by atoms with E-state index in [4.69, 9.17) is 0 Å². The molecule has 0 heterocycles. The van der Waals surface area contributed by atoms with Crippen molar-refractivity contribution in [3.63, 3.8) is 0 Å². The Hall–Kier alpha value is -1.32. The first-order valence-corrected chi connectivity index (χ1v) is 6.07. The van der Waals surface area contributed by atoms with Gasteiger partial charge in [0.2, 0.25) is 5.91 Å². The lowest BCUT2D eigenvalue weighted by Crippen LogP contribution is -2.44. The number of amides is 1. The molecule has 1 saturated carbocycles. The van der Waals surface area contributed by atoms with Crippen LogP contribution < -0.4 is 0 Å². The van der Waals surface area contributed by atoms with E-state index in [-0.39, 0.29) is 12.3 Å². The van der Waals surface area contributed by atoms with Gasteiger partial charge in [0.1, 0.15) is 0 Å². The van der Waals surface area contributed by atoms with Gasteiger partial charge in [0.05, 0.1) is 5.41 Å². The Morgan fingerprint density at radius 3 is 2.29 bits per heavy atom. The Bertz CT molecular complexity index is 332. The first-order chi connectivity index (χ1) is 7.91. The van der Waals surface area contributed by atoms with E-state index < -0.39 is 11.4 Å². The van der Waals surface area contributed by atoms with Crippen molar-refractivity contribution < 1.29 is 14.7 Å². The van der Waals surface area contributed by atoms with Crippen LogP contribution >= 0.6 is 0 Å².